The number of thiophene rings is 1. The van der Waals surface area contributed by atoms with Crippen molar-refractivity contribution in [3.05, 3.63) is 39.8 Å². The molecule has 0 fully saturated rings. The summed E-state index contributed by atoms with van der Waals surface area (Å²) in [7, 11) is 0. The summed E-state index contributed by atoms with van der Waals surface area (Å²) >= 11 is 1.50. The zero-order valence-corrected chi connectivity index (χ0v) is 11.7. The molecule has 92 valence electrons. The van der Waals surface area contributed by atoms with Crippen molar-refractivity contribution in [2.75, 3.05) is 5.73 Å². The number of anilines is 1. The summed E-state index contributed by atoms with van der Waals surface area (Å²) in [5.41, 5.74) is 11.4. The van der Waals surface area contributed by atoms with Gasteiger partial charge in [-0.3, -0.25) is 0 Å². The molecule has 1 aromatic heterocycles. The van der Waals surface area contributed by atoms with Crippen LogP contribution in [-0.4, -0.2) is 0 Å². The number of benzene rings is 1. The molecule has 0 aliphatic rings. The van der Waals surface area contributed by atoms with Gasteiger partial charge in [-0.1, -0.05) is 30.7 Å². The van der Waals surface area contributed by atoms with Gasteiger partial charge in [0.2, 0.25) is 0 Å². The minimum Gasteiger partial charge on any atom is -0.397 e. The summed E-state index contributed by atoms with van der Waals surface area (Å²) in [6, 6.07) is 8.58. The minimum atomic E-state index is 0.628. The molecule has 0 saturated heterocycles. The first kappa shape index (κ1) is 12.7. The highest BCUT2D eigenvalue weighted by Gasteiger charge is 2.17. The van der Waals surface area contributed by atoms with Crippen molar-refractivity contribution < 1.29 is 0 Å². The van der Waals surface area contributed by atoms with E-state index in [0.717, 1.165) is 16.9 Å². The molecule has 0 bridgehead atoms. The third-order valence-corrected chi connectivity index (χ3v) is 4.33. The van der Waals surface area contributed by atoms with E-state index in [1.165, 1.54) is 28.0 Å². The number of nitrogens with zero attached hydrogens (tertiary/aromatic N) is 1. The normalized spacial score (nSPS) is 10.3. The second-order valence-corrected chi connectivity index (χ2v) is 5.46. The fourth-order valence-electron chi connectivity index (χ4n) is 2.11. The molecule has 0 unspecified atom stereocenters. The van der Waals surface area contributed by atoms with Crippen molar-refractivity contribution in [3.8, 4) is 16.5 Å². The van der Waals surface area contributed by atoms with E-state index >= 15 is 0 Å². The fourth-order valence-corrected chi connectivity index (χ4v) is 3.30. The Balaban J connectivity index is 2.71. The van der Waals surface area contributed by atoms with Crippen LogP contribution in [0.25, 0.3) is 10.4 Å². The molecule has 0 aliphatic carbocycles. The first-order valence-electron chi connectivity index (χ1n) is 5.97. The highest BCUT2D eigenvalue weighted by atomic mass is 32.1. The van der Waals surface area contributed by atoms with Crippen LogP contribution in [0.15, 0.2) is 18.2 Å². The van der Waals surface area contributed by atoms with E-state index in [1.807, 2.05) is 0 Å². The molecule has 0 spiro atoms. The van der Waals surface area contributed by atoms with Gasteiger partial charge in [0.1, 0.15) is 10.9 Å². The van der Waals surface area contributed by atoms with Crippen LogP contribution in [0, 0.1) is 25.2 Å². The lowest BCUT2D eigenvalue weighted by atomic mass is 10.00. The van der Waals surface area contributed by atoms with Crippen LogP contribution in [0.5, 0.6) is 0 Å². The van der Waals surface area contributed by atoms with Crippen LogP contribution < -0.4 is 5.73 Å². The summed E-state index contributed by atoms with van der Waals surface area (Å²) < 4.78 is 0. The summed E-state index contributed by atoms with van der Waals surface area (Å²) in [4.78, 5) is 1.77. The zero-order valence-electron chi connectivity index (χ0n) is 10.9. The van der Waals surface area contributed by atoms with Gasteiger partial charge in [-0.05, 0) is 37.0 Å². The molecule has 2 aromatic rings. The Kier molecular flexibility index (Phi) is 3.40. The van der Waals surface area contributed by atoms with E-state index in [-0.39, 0.29) is 0 Å². The van der Waals surface area contributed by atoms with E-state index < -0.39 is 0 Å². The molecule has 2 N–H and O–H groups in total. The smallest absolute Gasteiger partial charge is 0.128 e. The third kappa shape index (κ3) is 2.00. The molecule has 2 nitrogen and oxygen atoms in total. The SMILES string of the molecule is CCc1c(-c2cc(C)ccc2C)sc(C#N)c1N. The van der Waals surface area contributed by atoms with Gasteiger partial charge in [0.15, 0.2) is 0 Å². The molecule has 0 aliphatic heterocycles. The second kappa shape index (κ2) is 4.83. The van der Waals surface area contributed by atoms with Gasteiger partial charge in [-0.25, -0.2) is 0 Å². The van der Waals surface area contributed by atoms with Gasteiger partial charge in [-0.15, -0.1) is 11.3 Å². The molecule has 2 rings (SSSR count). The van der Waals surface area contributed by atoms with Crippen LogP contribution in [-0.2, 0) is 6.42 Å². The quantitative estimate of drug-likeness (QED) is 0.881. The lowest BCUT2D eigenvalue weighted by Gasteiger charge is -2.07. The maximum Gasteiger partial charge on any atom is 0.128 e. The average Bonchev–Trinajstić information content (AvgIpc) is 2.68. The Morgan fingerprint density at radius 3 is 2.67 bits per heavy atom. The van der Waals surface area contributed by atoms with Gasteiger partial charge >= 0.3 is 0 Å². The predicted octanol–water partition coefficient (Wildman–Crippen LogP) is 4.05. The van der Waals surface area contributed by atoms with E-state index in [9.17, 15) is 0 Å². The van der Waals surface area contributed by atoms with Crippen molar-refractivity contribution in [2.24, 2.45) is 0 Å². The van der Waals surface area contributed by atoms with E-state index in [1.54, 1.807) is 0 Å². The number of hydrogen-bond acceptors (Lipinski definition) is 3. The van der Waals surface area contributed by atoms with Crippen LogP contribution >= 0.6 is 11.3 Å². The highest BCUT2D eigenvalue weighted by Crippen LogP contribution is 2.40. The zero-order chi connectivity index (χ0) is 13.3. The molecular weight excluding hydrogens is 240 g/mol. The summed E-state index contributed by atoms with van der Waals surface area (Å²) in [6.45, 7) is 6.25. The van der Waals surface area contributed by atoms with Crippen LogP contribution in [0.1, 0.15) is 28.5 Å². The van der Waals surface area contributed by atoms with Crippen LogP contribution in [0.3, 0.4) is 0 Å². The Morgan fingerprint density at radius 2 is 2.06 bits per heavy atom. The minimum absolute atomic E-state index is 0.628. The van der Waals surface area contributed by atoms with Gasteiger partial charge in [-0.2, -0.15) is 5.26 Å². The number of nitriles is 1. The molecule has 3 heteroatoms. The predicted molar refractivity (Wildman–Crippen MR) is 77.7 cm³/mol. The van der Waals surface area contributed by atoms with Crippen molar-refractivity contribution in [3.63, 3.8) is 0 Å². The average molecular weight is 256 g/mol. The number of rotatable bonds is 2. The Morgan fingerprint density at radius 1 is 1.33 bits per heavy atom. The summed E-state index contributed by atoms with van der Waals surface area (Å²) in [5.74, 6) is 0. The number of nitrogen functional groups attached to an aromatic ring is 1. The van der Waals surface area contributed by atoms with Crippen molar-refractivity contribution >= 4 is 17.0 Å². The van der Waals surface area contributed by atoms with Gasteiger partial charge in [0, 0.05) is 4.88 Å². The topological polar surface area (TPSA) is 49.8 Å². The number of hydrogen-bond donors (Lipinski definition) is 1. The molecule has 0 amide bonds. The Labute approximate surface area is 112 Å². The van der Waals surface area contributed by atoms with Gasteiger partial charge in [0.05, 0.1) is 5.69 Å². The molecule has 0 saturated carbocycles. The van der Waals surface area contributed by atoms with Crippen molar-refractivity contribution in [1.82, 2.24) is 0 Å². The first-order chi connectivity index (χ1) is 8.58. The lowest BCUT2D eigenvalue weighted by Crippen LogP contribution is -1.92. The highest BCUT2D eigenvalue weighted by molar-refractivity contribution is 7.16. The van der Waals surface area contributed by atoms with Gasteiger partial charge < -0.3 is 5.73 Å². The maximum absolute atomic E-state index is 9.10. The largest absolute Gasteiger partial charge is 0.397 e. The van der Waals surface area contributed by atoms with Gasteiger partial charge in [0.25, 0.3) is 0 Å². The number of nitrogens with two attached hydrogens (primary N) is 1. The van der Waals surface area contributed by atoms with Crippen LogP contribution in [0.4, 0.5) is 5.69 Å². The molecule has 1 heterocycles. The van der Waals surface area contributed by atoms with E-state index in [4.69, 9.17) is 11.0 Å². The molecule has 1 aromatic carbocycles. The molecule has 0 atom stereocenters. The van der Waals surface area contributed by atoms with Crippen LogP contribution in [0.2, 0.25) is 0 Å². The van der Waals surface area contributed by atoms with E-state index in [2.05, 4.69) is 45.0 Å². The Hall–Kier alpha value is -1.79. The second-order valence-electron chi connectivity index (χ2n) is 4.44. The van der Waals surface area contributed by atoms with E-state index in [0.29, 0.717) is 10.6 Å². The maximum atomic E-state index is 9.10. The Bertz CT molecular complexity index is 633. The number of aryl methyl sites for hydroxylation is 2. The molecular formula is C15H16N2S. The fraction of sp³-hybridized carbons (Fsp3) is 0.267. The van der Waals surface area contributed by atoms with Crippen molar-refractivity contribution in [1.29, 1.82) is 5.26 Å². The molecule has 0 radical (unpaired) electrons. The first-order valence-corrected chi connectivity index (χ1v) is 6.79. The summed E-state index contributed by atoms with van der Waals surface area (Å²) in [6.07, 6.45) is 0.854. The standard InChI is InChI=1S/C15H16N2S/c1-4-11-14(17)13(8-16)18-15(11)12-7-9(2)5-6-10(12)3/h5-7H,4,17H2,1-3H3. The monoisotopic (exact) mass is 256 g/mol. The summed E-state index contributed by atoms with van der Waals surface area (Å²) in [5, 5.41) is 9.10. The molecule has 18 heavy (non-hydrogen) atoms. The third-order valence-electron chi connectivity index (χ3n) is 3.14. The lowest BCUT2D eigenvalue weighted by molar-refractivity contribution is 1.16. The van der Waals surface area contributed by atoms with Crippen molar-refractivity contribution in [2.45, 2.75) is 27.2 Å².